The molecule has 1 saturated heterocycles. The molecule has 1 heterocycles. The molecule has 2 nitrogen and oxygen atoms in total. The quantitative estimate of drug-likeness (QED) is 0.674. The van der Waals surface area contributed by atoms with Gasteiger partial charge in [0, 0.05) is 17.9 Å². The number of ether oxygens (including phenoxy) is 1. The summed E-state index contributed by atoms with van der Waals surface area (Å²) in [4.78, 5) is 0. The Labute approximate surface area is 76.5 Å². The molecule has 2 N–H and O–H groups in total. The van der Waals surface area contributed by atoms with E-state index in [0.717, 1.165) is 12.8 Å². The molecule has 0 aromatic heterocycles. The van der Waals surface area contributed by atoms with Crippen LogP contribution >= 0.6 is 0 Å². The number of benzene rings is 1. The Hall–Kier alpha value is -1.09. The highest BCUT2D eigenvalue weighted by atomic mass is 19.1. The normalized spacial score (nSPS) is 22.1. The third kappa shape index (κ3) is 1.52. The summed E-state index contributed by atoms with van der Waals surface area (Å²) in [5, 5.41) is 0. The molecule has 2 rings (SSSR count). The van der Waals surface area contributed by atoms with Gasteiger partial charge in [0.05, 0.1) is 6.10 Å². The highest BCUT2D eigenvalue weighted by molar-refractivity contribution is 5.48. The van der Waals surface area contributed by atoms with E-state index < -0.39 is 0 Å². The Morgan fingerprint density at radius 3 is 2.92 bits per heavy atom. The van der Waals surface area contributed by atoms with Crippen molar-refractivity contribution in [3.8, 4) is 0 Å². The summed E-state index contributed by atoms with van der Waals surface area (Å²) in [6.07, 6.45) is 1.71. The Morgan fingerprint density at radius 2 is 2.31 bits per heavy atom. The van der Waals surface area contributed by atoms with E-state index in [1.807, 2.05) is 0 Å². The first-order valence-electron chi connectivity index (χ1n) is 4.44. The van der Waals surface area contributed by atoms with Gasteiger partial charge in [-0.2, -0.15) is 0 Å². The molecule has 13 heavy (non-hydrogen) atoms. The lowest BCUT2D eigenvalue weighted by Gasteiger charge is -2.12. The third-order valence-electron chi connectivity index (χ3n) is 2.34. The lowest BCUT2D eigenvalue weighted by molar-refractivity contribution is 0.109. The fourth-order valence-electron chi connectivity index (χ4n) is 1.70. The summed E-state index contributed by atoms with van der Waals surface area (Å²) >= 11 is 0. The van der Waals surface area contributed by atoms with Crippen molar-refractivity contribution < 1.29 is 9.13 Å². The van der Waals surface area contributed by atoms with E-state index in [1.54, 1.807) is 12.1 Å². The Morgan fingerprint density at radius 1 is 1.46 bits per heavy atom. The van der Waals surface area contributed by atoms with Crippen LogP contribution in [0, 0.1) is 5.82 Å². The minimum absolute atomic E-state index is 0.138. The Bertz CT molecular complexity index is 288. The van der Waals surface area contributed by atoms with Crippen molar-refractivity contribution in [3.63, 3.8) is 0 Å². The molecular formula is C10H12FNO. The number of halogens is 1. The van der Waals surface area contributed by atoms with Gasteiger partial charge in [-0.25, -0.2) is 4.39 Å². The molecule has 0 saturated carbocycles. The smallest absolute Gasteiger partial charge is 0.131 e. The fourth-order valence-corrected chi connectivity index (χ4v) is 1.70. The number of hydrogen-bond donors (Lipinski definition) is 1. The molecule has 0 aliphatic carbocycles. The lowest BCUT2D eigenvalue weighted by Crippen LogP contribution is -2.04. The van der Waals surface area contributed by atoms with Crippen LogP contribution in [-0.4, -0.2) is 6.61 Å². The third-order valence-corrected chi connectivity index (χ3v) is 2.34. The molecule has 3 heteroatoms. The van der Waals surface area contributed by atoms with Crippen LogP contribution < -0.4 is 5.73 Å². The fraction of sp³-hybridized carbons (Fsp3) is 0.400. The summed E-state index contributed by atoms with van der Waals surface area (Å²) < 4.78 is 18.7. The van der Waals surface area contributed by atoms with Crippen LogP contribution in [0.3, 0.4) is 0 Å². The van der Waals surface area contributed by atoms with Gasteiger partial charge < -0.3 is 10.5 Å². The minimum atomic E-state index is -0.257. The van der Waals surface area contributed by atoms with Crippen molar-refractivity contribution in [1.29, 1.82) is 0 Å². The van der Waals surface area contributed by atoms with Crippen molar-refractivity contribution in [3.05, 3.63) is 29.6 Å². The summed E-state index contributed by atoms with van der Waals surface area (Å²) in [5.74, 6) is -0.257. The monoisotopic (exact) mass is 181 g/mol. The zero-order valence-corrected chi connectivity index (χ0v) is 7.29. The van der Waals surface area contributed by atoms with E-state index in [9.17, 15) is 4.39 Å². The Balaban J connectivity index is 2.37. The molecule has 0 radical (unpaired) electrons. The highest BCUT2D eigenvalue weighted by Crippen LogP contribution is 2.33. The predicted octanol–water partition coefficient (Wildman–Crippen LogP) is 2.26. The second-order valence-electron chi connectivity index (χ2n) is 3.24. The summed E-state index contributed by atoms with van der Waals surface area (Å²) in [7, 11) is 0. The molecule has 1 atom stereocenters. The SMILES string of the molecule is Nc1cccc(F)c1[C@H]1CCCO1. The summed E-state index contributed by atoms with van der Waals surface area (Å²) in [5.41, 5.74) is 6.70. The van der Waals surface area contributed by atoms with Crippen LogP contribution in [0.4, 0.5) is 10.1 Å². The second kappa shape index (κ2) is 3.34. The van der Waals surface area contributed by atoms with Crippen molar-refractivity contribution in [1.82, 2.24) is 0 Å². The van der Waals surface area contributed by atoms with Gasteiger partial charge in [-0.15, -0.1) is 0 Å². The van der Waals surface area contributed by atoms with Crippen LogP contribution in [0.15, 0.2) is 18.2 Å². The molecule has 1 aromatic rings. The molecule has 0 spiro atoms. The molecule has 70 valence electrons. The minimum Gasteiger partial charge on any atom is -0.398 e. The van der Waals surface area contributed by atoms with E-state index in [4.69, 9.17) is 10.5 Å². The van der Waals surface area contributed by atoms with Crippen LogP contribution in [0.1, 0.15) is 24.5 Å². The molecule has 0 bridgehead atoms. The van der Waals surface area contributed by atoms with Gasteiger partial charge in [-0.05, 0) is 25.0 Å². The van der Waals surface area contributed by atoms with E-state index in [0.29, 0.717) is 17.9 Å². The van der Waals surface area contributed by atoms with Crippen molar-refractivity contribution in [2.75, 3.05) is 12.3 Å². The Kier molecular flexibility index (Phi) is 2.19. The molecule has 0 amide bonds. The van der Waals surface area contributed by atoms with Crippen LogP contribution in [0.5, 0.6) is 0 Å². The number of hydrogen-bond acceptors (Lipinski definition) is 2. The van der Waals surface area contributed by atoms with Crippen LogP contribution in [0.25, 0.3) is 0 Å². The average Bonchev–Trinajstić information content (AvgIpc) is 2.57. The molecule has 1 aliphatic heterocycles. The lowest BCUT2D eigenvalue weighted by atomic mass is 10.0. The van der Waals surface area contributed by atoms with Gasteiger partial charge in [0.25, 0.3) is 0 Å². The van der Waals surface area contributed by atoms with Gasteiger partial charge in [0.2, 0.25) is 0 Å². The predicted molar refractivity (Wildman–Crippen MR) is 48.7 cm³/mol. The number of nitrogen functional groups attached to an aromatic ring is 1. The largest absolute Gasteiger partial charge is 0.398 e. The van der Waals surface area contributed by atoms with Crippen LogP contribution in [0.2, 0.25) is 0 Å². The maximum absolute atomic E-state index is 13.3. The summed E-state index contributed by atoms with van der Waals surface area (Å²) in [6, 6.07) is 4.75. The van der Waals surface area contributed by atoms with Crippen molar-refractivity contribution >= 4 is 5.69 Å². The highest BCUT2D eigenvalue weighted by Gasteiger charge is 2.22. The van der Waals surface area contributed by atoms with E-state index in [2.05, 4.69) is 0 Å². The average molecular weight is 181 g/mol. The van der Waals surface area contributed by atoms with Crippen molar-refractivity contribution in [2.45, 2.75) is 18.9 Å². The van der Waals surface area contributed by atoms with Gasteiger partial charge in [0.1, 0.15) is 5.82 Å². The van der Waals surface area contributed by atoms with Crippen LogP contribution in [-0.2, 0) is 4.74 Å². The van der Waals surface area contributed by atoms with E-state index in [-0.39, 0.29) is 11.9 Å². The second-order valence-corrected chi connectivity index (χ2v) is 3.24. The maximum Gasteiger partial charge on any atom is 0.131 e. The number of anilines is 1. The van der Waals surface area contributed by atoms with E-state index >= 15 is 0 Å². The zero-order valence-electron chi connectivity index (χ0n) is 7.29. The summed E-state index contributed by atoms with van der Waals surface area (Å²) in [6.45, 7) is 0.707. The zero-order chi connectivity index (χ0) is 9.26. The first kappa shape index (κ1) is 8.51. The molecule has 1 fully saturated rings. The molecule has 1 aliphatic rings. The van der Waals surface area contributed by atoms with E-state index in [1.165, 1.54) is 6.07 Å². The first-order valence-corrected chi connectivity index (χ1v) is 4.44. The number of nitrogens with two attached hydrogens (primary N) is 1. The van der Waals surface area contributed by atoms with Gasteiger partial charge >= 0.3 is 0 Å². The first-order chi connectivity index (χ1) is 6.29. The number of rotatable bonds is 1. The standard InChI is InChI=1S/C10H12FNO/c11-7-3-1-4-8(12)10(7)9-5-2-6-13-9/h1,3-4,9H,2,5-6,12H2/t9-/m1/s1. The van der Waals surface area contributed by atoms with Gasteiger partial charge in [-0.1, -0.05) is 6.07 Å². The van der Waals surface area contributed by atoms with Crippen molar-refractivity contribution in [2.24, 2.45) is 0 Å². The van der Waals surface area contributed by atoms with Gasteiger partial charge in [-0.3, -0.25) is 0 Å². The molecule has 0 unspecified atom stereocenters. The maximum atomic E-state index is 13.3. The topological polar surface area (TPSA) is 35.2 Å². The molecular weight excluding hydrogens is 169 g/mol. The van der Waals surface area contributed by atoms with Gasteiger partial charge in [0.15, 0.2) is 0 Å². The molecule has 1 aromatic carbocycles.